The van der Waals surface area contributed by atoms with Crippen LogP contribution < -0.4 is 10.6 Å². The van der Waals surface area contributed by atoms with Crippen molar-refractivity contribution in [3.63, 3.8) is 0 Å². The molecule has 168 valence electrons. The predicted octanol–water partition coefficient (Wildman–Crippen LogP) is 3.00. The molecule has 0 bridgehead atoms. The Labute approximate surface area is 188 Å². The van der Waals surface area contributed by atoms with Crippen LogP contribution in [0.2, 0.25) is 0 Å². The number of ether oxygens (including phenoxy) is 1. The molecule has 7 heteroatoms. The molecule has 1 saturated heterocycles. The highest BCUT2D eigenvalue weighted by Gasteiger charge is 2.18. The van der Waals surface area contributed by atoms with E-state index in [1.165, 1.54) is 0 Å². The molecule has 7 nitrogen and oxygen atoms in total. The van der Waals surface area contributed by atoms with Crippen molar-refractivity contribution in [2.75, 3.05) is 19.7 Å². The highest BCUT2D eigenvalue weighted by molar-refractivity contribution is 5.95. The summed E-state index contributed by atoms with van der Waals surface area (Å²) in [5.74, 6) is 0.742. The van der Waals surface area contributed by atoms with Crippen molar-refractivity contribution in [2.45, 2.75) is 45.3 Å². The summed E-state index contributed by atoms with van der Waals surface area (Å²) in [7, 11) is 0. The second kappa shape index (κ2) is 10.4. The van der Waals surface area contributed by atoms with Gasteiger partial charge in [-0.2, -0.15) is 0 Å². The number of nitrogens with zero attached hydrogens (tertiary/aromatic N) is 2. The van der Waals surface area contributed by atoms with Crippen molar-refractivity contribution in [2.24, 2.45) is 0 Å². The fourth-order valence-electron chi connectivity index (χ4n) is 4.10. The molecule has 32 heavy (non-hydrogen) atoms. The van der Waals surface area contributed by atoms with E-state index in [0.29, 0.717) is 25.1 Å². The quantitative estimate of drug-likeness (QED) is 0.507. The van der Waals surface area contributed by atoms with Gasteiger partial charge in [0, 0.05) is 31.7 Å². The number of imidazole rings is 1. The van der Waals surface area contributed by atoms with Crippen LogP contribution in [0.25, 0.3) is 11.0 Å². The molecule has 1 atom stereocenters. The van der Waals surface area contributed by atoms with Crippen LogP contribution in [0.3, 0.4) is 0 Å². The number of rotatable bonds is 9. The van der Waals surface area contributed by atoms with Crippen LogP contribution in [0, 0.1) is 6.92 Å². The first-order chi connectivity index (χ1) is 15.6. The average molecular weight is 435 g/mol. The maximum Gasteiger partial charge on any atom is 0.251 e. The van der Waals surface area contributed by atoms with Gasteiger partial charge < -0.3 is 19.9 Å². The summed E-state index contributed by atoms with van der Waals surface area (Å²) in [5, 5.41) is 5.98. The zero-order chi connectivity index (χ0) is 22.3. The number of para-hydroxylation sites is 2. The van der Waals surface area contributed by atoms with Crippen molar-refractivity contribution >= 4 is 22.8 Å². The molecule has 0 spiro atoms. The number of aromatic nitrogens is 2. The van der Waals surface area contributed by atoms with E-state index >= 15 is 0 Å². The van der Waals surface area contributed by atoms with E-state index < -0.39 is 0 Å². The van der Waals surface area contributed by atoms with E-state index in [2.05, 4.69) is 10.6 Å². The lowest BCUT2D eigenvalue weighted by atomic mass is 10.1. The Hall–Kier alpha value is -3.19. The van der Waals surface area contributed by atoms with Gasteiger partial charge in [0.25, 0.3) is 5.91 Å². The molecule has 0 radical (unpaired) electrons. The standard InChI is InChI=1S/C25H30N4O3/c1-18-8-2-3-10-20(18)25(31)26-14-6-13-23-28-21-11-4-5-12-22(21)29(23)17-24(30)27-16-19-9-7-15-32-19/h2-5,8,10-12,19H,6-7,9,13-17H2,1H3,(H,26,31)(H,27,30). The Bertz CT molecular complexity index is 1090. The SMILES string of the molecule is Cc1ccccc1C(=O)NCCCc1nc2ccccc2n1CC(=O)NCC1CCCO1. The molecule has 2 amide bonds. The molecule has 1 fully saturated rings. The summed E-state index contributed by atoms with van der Waals surface area (Å²) in [5.41, 5.74) is 3.47. The lowest BCUT2D eigenvalue weighted by molar-refractivity contribution is -0.122. The summed E-state index contributed by atoms with van der Waals surface area (Å²) in [6.07, 6.45) is 3.57. The molecule has 1 aliphatic rings. The van der Waals surface area contributed by atoms with Crippen molar-refractivity contribution in [1.82, 2.24) is 20.2 Å². The van der Waals surface area contributed by atoms with Gasteiger partial charge in [-0.1, -0.05) is 30.3 Å². The average Bonchev–Trinajstić information content (AvgIpc) is 3.44. The molecular formula is C25H30N4O3. The van der Waals surface area contributed by atoms with E-state index in [0.717, 1.165) is 48.3 Å². The molecule has 0 saturated carbocycles. The van der Waals surface area contributed by atoms with Crippen molar-refractivity contribution < 1.29 is 14.3 Å². The number of nitrogens with one attached hydrogen (secondary N) is 2. The lowest BCUT2D eigenvalue weighted by Crippen LogP contribution is -2.34. The Morgan fingerprint density at radius 1 is 1.12 bits per heavy atom. The second-order valence-corrected chi connectivity index (χ2v) is 8.22. The summed E-state index contributed by atoms with van der Waals surface area (Å²) in [6.45, 7) is 4.02. The maximum atomic E-state index is 12.6. The lowest BCUT2D eigenvalue weighted by Gasteiger charge is -2.13. The van der Waals surface area contributed by atoms with Crippen LogP contribution in [0.15, 0.2) is 48.5 Å². The molecule has 2 aromatic carbocycles. The largest absolute Gasteiger partial charge is 0.376 e. The summed E-state index contributed by atoms with van der Waals surface area (Å²) >= 11 is 0. The Morgan fingerprint density at radius 3 is 2.75 bits per heavy atom. The van der Waals surface area contributed by atoms with Crippen molar-refractivity contribution in [3.8, 4) is 0 Å². The third-order valence-electron chi connectivity index (χ3n) is 5.84. The monoisotopic (exact) mass is 434 g/mol. The van der Waals surface area contributed by atoms with Gasteiger partial charge in [-0.15, -0.1) is 0 Å². The first-order valence-electron chi connectivity index (χ1n) is 11.3. The first-order valence-corrected chi connectivity index (χ1v) is 11.3. The van der Waals surface area contributed by atoms with Crippen LogP contribution in [0.4, 0.5) is 0 Å². The molecule has 1 aromatic heterocycles. The Kier molecular flexibility index (Phi) is 7.17. The first kappa shape index (κ1) is 22.0. The number of fused-ring (bicyclic) bond motifs is 1. The minimum atomic E-state index is -0.0647. The fourth-order valence-corrected chi connectivity index (χ4v) is 4.10. The highest BCUT2D eigenvalue weighted by atomic mass is 16.5. The van der Waals surface area contributed by atoms with E-state index in [4.69, 9.17) is 9.72 Å². The topological polar surface area (TPSA) is 85.2 Å². The van der Waals surface area contributed by atoms with Crippen LogP contribution in [-0.4, -0.2) is 47.2 Å². The Balaban J connectivity index is 1.36. The number of amides is 2. The minimum Gasteiger partial charge on any atom is -0.376 e. The molecule has 0 aliphatic carbocycles. The van der Waals surface area contributed by atoms with Gasteiger partial charge in [0.1, 0.15) is 12.4 Å². The van der Waals surface area contributed by atoms with Gasteiger partial charge in [-0.25, -0.2) is 4.98 Å². The molecule has 1 unspecified atom stereocenters. The van der Waals surface area contributed by atoms with Gasteiger partial charge in [0.15, 0.2) is 0 Å². The van der Waals surface area contributed by atoms with Crippen LogP contribution in [0.1, 0.15) is 41.0 Å². The van der Waals surface area contributed by atoms with E-state index in [1.54, 1.807) is 0 Å². The summed E-state index contributed by atoms with van der Waals surface area (Å²) in [6, 6.07) is 15.4. The number of carbonyl (C=O) groups is 2. The molecule has 2 heterocycles. The second-order valence-electron chi connectivity index (χ2n) is 8.22. The van der Waals surface area contributed by atoms with E-state index in [-0.39, 0.29) is 24.5 Å². The van der Waals surface area contributed by atoms with Gasteiger partial charge in [-0.05, 0) is 49.9 Å². The van der Waals surface area contributed by atoms with Gasteiger partial charge in [0.05, 0.1) is 17.1 Å². The van der Waals surface area contributed by atoms with E-state index in [9.17, 15) is 9.59 Å². The number of benzene rings is 2. The normalized spacial score (nSPS) is 15.7. The van der Waals surface area contributed by atoms with E-state index in [1.807, 2.05) is 60.0 Å². The minimum absolute atomic E-state index is 0.0437. The zero-order valence-electron chi connectivity index (χ0n) is 18.5. The zero-order valence-corrected chi connectivity index (χ0v) is 18.5. The highest BCUT2D eigenvalue weighted by Crippen LogP contribution is 2.17. The summed E-state index contributed by atoms with van der Waals surface area (Å²) < 4.78 is 7.56. The Morgan fingerprint density at radius 2 is 1.94 bits per heavy atom. The van der Waals surface area contributed by atoms with Crippen molar-refractivity contribution in [3.05, 3.63) is 65.5 Å². The van der Waals surface area contributed by atoms with Crippen LogP contribution in [0.5, 0.6) is 0 Å². The van der Waals surface area contributed by atoms with Crippen LogP contribution in [-0.2, 0) is 22.5 Å². The van der Waals surface area contributed by atoms with Gasteiger partial charge >= 0.3 is 0 Å². The number of carbonyl (C=O) groups excluding carboxylic acids is 2. The number of aryl methyl sites for hydroxylation is 2. The third kappa shape index (κ3) is 5.34. The molecule has 1 aliphatic heterocycles. The predicted molar refractivity (Wildman–Crippen MR) is 124 cm³/mol. The van der Waals surface area contributed by atoms with Crippen molar-refractivity contribution in [1.29, 1.82) is 0 Å². The molecule has 2 N–H and O–H groups in total. The molecular weight excluding hydrogens is 404 g/mol. The molecule has 3 aromatic rings. The number of hydrogen-bond acceptors (Lipinski definition) is 4. The maximum absolute atomic E-state index is 12.6. The third-order valence-corrected chi connectivity index (χ3v) is 5.84. The van der Waals surface area contributed by atoms with Crippen LogP contribution >= 0.6 is 0 Å². The van der Waals surface area contributed by atoms with Gasteiger partial charge in [-0.3, -0.25) is 9.59 Å². The molecule has 4 rings (SSSR count). The summed E-state index contributed by atoms with van der Waals surface area (Å²) in [4.78, 5) is 29.8. The number of hydrogen-bond donors (Lipinski definition) is 2. The smallest absolute Gasteiger partial charge is 0.251 e. The van der Waals surface area contributed by atoms with Gasteiger partial charge in [0.2, 0.25) is 5.91 Å². The fraction of sp³-hybridized carbons (Fsp3) is 0.400.